The van der Waals surface area contributed by atoms with Gasteiger partial charge in [-0.3, -0.25) is 0 Å². The van der Waals surface area contributed by atoms with Crippen molar-refractivity contribution in [3.05, 3.63) is 71.6 Å². The van der Waals surface area contributed by atoms with Crippen molar-refractivity contribution in [2.75, 3.05) is 12.3 Å². The van der Waals surface area contributed by atoms with E-state index in [9.17, 15) is 4.79 Å². The number of nitrogens with zero attached hydrogens (tertiary/aromatic N) is 5. The lowest BCUT2D eigenvalue weighted by atomic mass is 10.1. The van der Waals surface area contributed by atoms with Gasteiger partial charge in [0.05, 0.1) is 24.2 Å². The zero-order valence-electron chi connectivity index (χ0n) is 19.4. The number of nitrogens with two attached hydrogens (primary N) is 1. The number of aromatic nitrogens is 5. The van der Waals surface area contributed by atoms with Crippen LogP contribution in [0.2, 0.25) is 0 Å². The number of esters is 1. The number of carbonyl (C=O) groups is 1. The molecule has 0 bridgehead atoms. The van der Waals surface area contributed by atoms with Crippen LogP contribution in [0.1, 0.15) is 33.8 Å². The summed E-state index contributed by atoms with van der Waals surface area (Å²) in [5, 5.41) is 5.85. The molecule has 0 amide bonds. The van der Waals surface area contributed by atoms with Crippen molar-refractivity contribution in [3.63, 3.8) is 0 Å². The number of hydrogen-bond donors (Lipinski definition) is 1. The molecule has 0 fully saturated rings. The van der Waals surface area contributed by atoms with Crippen molar-refractivity contribution in [1.29, 1.82) is 0 Å². The SMILES string of the molecule is Cc1noc(C)c1COc1cc2ccccc2cc1C(=O)OCCCn1cnc2c(N)ncnc21. The first-order valence-electron chi connectivity index (χ1n) is 11.2. The number of carbonyl (C=O) groups excluding carboxylic acids is 1. The molecule has 0 atom stereocenters. The van der Waals surface area contributed by atoms with Gasteiger partial charge < -0.3 is 24.3 Å². The van der Waals surface area contributed by atoms with E-state index in [1.165, 1.54) is 6.33 Å². The second-order valence-electron chi connectivity index (χ2n) is 8.15. The fourth-order valence-electron chi connectivity index (χ4n) is 3.90. The van der Waals surface area contributed by atoms with E-state index in [-0.39, 0.29) is 13.2 Å². The maximum absolute atomic E-state index is 13.0. The van der Waals surface area contributed by atoms with E-state index in [1.54, 1.807) is 12.4 Å². The number of benzene rings is 2. The van der Waals surface area contributed by atoms with Gasteiger partial charge in [0.15, 0.2) is 11.5 Å². The highest BCUT2D eigenvalue weighted by Gasteiger charge is 2.18. The summed E-state index contributed by atoms with van der Waals surface area (Å²) >= 11 is 0. The van der Waals surface area contributed by atoms with Crippen LogP contribution in [-0.4, -0.2) is 37.3 Å². The molecule has 0 aliphatic carbocycles. The summed E-state index contributed by atoms with van der Waals surface area (Å²) in [7, 11) is 0. The normalized spacial score (nSPS) is 11.3. The van der Waals surface area contributed by atoms with Gasteiger partial charge in [-0.15, -0.1) is 0 Å². The second kappa shape index (κ2) is 9.41. The topological polar surface area (TPSA) is 131 Å². The Morgan fingerprint density at radius 1 is 1.11 bits per heavy atom. The first-order chi connectivity index (χ1) is 17.0. The Kier molecular flexibility index (Phi) is 6.01. The summed E-state index contributed by atoms with van der Waals surface area (Å²) in [6, 6.07) is 11.4. The fraction of sp³-hybridized carbons (Fsp3) is 0.240. The lowest BCUT2D eigenvalue weighted by Crippen LogP contribution is -2.11. The predicted molar refractivity (Wildman–Crippen MR) is 129 cm³/mol. The average Bonchev–Trinajstić information content (AvgIpc) is 3.43. The van der Waals surface area contributed by atoms with Gasteiger partial charge in [-0.1, -0.05) is 29.4 Å². The number of fused-ring (bicyclic) bond motifs is 2. The molecule has 2 aromatic carbocycles. The minimum atomic E-state index is -0.452. The predicted octanol–water partition coefficient (Wildman–Crippen LogP) is 3.99. The quantitative estimate of drug-likeness (QED) is 0.263. The summed E-state index contributed by atoms with van der Waals surface area (Å²) in [6.45, 7) is 4.70. The standard InChI is InChI=1S/C25H24N6O4/c1-15-20(16(2)35-30-15)12-34-21-11-18-7-4-3-6-17(18)10-19(21)25(32)33-9-5-8-31-14-29-22-23(26)27-13-28-24(22)31/h3-4,6-7,10-11,13-14H,5,8-9,12H2,1-2H3,(H2,26,27,28). The number of hydrogen-bond acceptors (Lipinski definition) is 9. The minimum absolute atomic E-state index is 0.217. The van der Waals surface area contributed by atoms with Crippen molar-refractivity contribution < 1.29 is 18.8 Å². The van der Waals surface area contributed by atoms with Crippen LogP contribution in [0.3, 0.4) is 0 Å². The van der Waals surface area contributed by atoms with Crippen LogP contribution < -0.4 is 10.5 Å². The number of rotatable bonds is 8. The Hall–Kier alpha value is -4.47. The monoisotopic (exact) mass is 472 g/mol. The summed E-state index contributed by atoms with van der Waals surface area (Å²) in [5.74, 6) is 1.01. The third-order valence-electron chi connectivity index (χ3n) is 5.83. The summed E-state index contributed by atoms with van der Waals surface area (Å²) in [6.07, 6.45) is 3.63. The lowest BCUT2D eigenvalue weighted by Gasteiger charge is -2.13. The summed E-state index contributed by atoms with van der Waals surface area (Å²) in [5.41, 5.74) is 9.02. The Morgan fingerprint density at radius 3 is 2.69 bits per heavy atom. The van der Waals surface area contributed by atoms with E-state index in [0.717, 1.165) is 22.0 Å². The molecule has 3 heterocycles. The molecule has 0 spiro atoms. The molecule has 0 aliphatic heterocycles. The number of nitrogen functional groups attached to an aromatic ring is 1. The number of ether oxygens (including phenoxy) is 2. The first-order valence-corrected chi connectivity index (χ1v) is 11.2. The summed E-state index contributed by atoms with van der Waals surface area (Å²) in [4.78, 5) is 25.5. The van der Waals surface area contributed by atoms with Gasteiger partial charge in [-0.05, 0) is 43.2 Å². The third kappa shape index (κ3) is 4.50. The van der Waals surface area contributed by atoms with Crippen molar-refractivity contribution in [3.8, 4) is 5.75 Å². The number of aryl methyl sites for hydroxylation is 3. The molecule has 5 aromatic rings. The number of anilines is 1. The minimum Gasteiger partial charge on any atom is -0.488 e. The summed E-state index contributed by atoms with van der Waals surface area (Å²) < 4.78 is 18.7. The maximum atomic E-state index is 13.0. The average molecular weight is 473 g/mol. The van der Waals surface area contributed by atoms with Crippen LogP contribution >= 0.6 is 0 Å². The van der Waals surface area contributed by atoms with Crippen molar-refractivity contribution in [1.82, 2.24) is 24.7 Å². The van der Waals surface area contributed by atoms with E-state index >= 15 is 0 Å². The molecule has 0 unspecified atom stereocenters. The van der Waals surface area contributed by atoms with Crippen LogP contribution in [0.15, 0.2) is 53.6 Å². The zero-order valence-corrected chi connectivity index (χ0v) is 19.4. The zero-order chi connectivity index (χ0) is 24.4. The van der Waals surface area contributed by atoms with Gasteiger partial charge in [0.1, 0.15) is 35.5 Å². The molecule has 5 rings (SSSR count). The Morgan fingerprint density at radius 2 is 1.91 bits per heavy atom. The highest BCUT2D eigenvalue weighted by molar-refractivity contribution is 5.98. The van der Waals surface area contributed by atoms with Crippen LogP contribution in [0, 0.1) is 13.8 Å². The molecular weight excluding hydrogens is 448 g/mol. The fourth-order valence-corrected chi connectivity index (χ4v) is 3.90. The second-order valence-corrected chi connectivity index (χ2v) is 8.15. The van der Waals surface area contributed by atoms with E-state index in [2.05, 4.69) is 20.1 Å². The first kappa shape index (κ1) is 22.3. The van der Waals surface area contributed by atoms with Gasteiger partial charge in [0.2, 0.25) is 0 Å². The molecular formula is C25H24N6O4. The van der Waals surface area contributed by atoms with Crippen molar-refractivity contribution in [2.24, 2.45) is 0 Å². The highest BCUT2D eigenvalue weighted by atomic mass is 16.5. The van der Waals surface area contributed by atoms with E-state index in [0.29, 0.717) is 47.0 Å². The van der Waals surface area contributed by atoms with Gasteiger partial charge >= 0.3 is 5.97 Å². The Labute approximate surface area is 200 Å². The van der Waals surface area contributed by atoms with Gasteiger partial charge in [0.25, 0.3) is 0 Å². The maximum Gasteiger partial charge on any atom is 0.341 e. The van der Waals surface area contributed by atoms with Crippen molar-refractivity contribution in [2.45, 2.75) is 33.4 Å². The van der Waals surface area contributed by atoms with E-state index in [4.69, 9.17) is 19.7 Å². The molecule has 2 N–H and O–H groups in total. The molecule has 0 saturated heterocycles. The molecule has 0 aliphatic rings. The van der Waals surface area contributed by atoms with Gasteiger partial charge in [0, 0.05) is 6.54 Å². The molecule has 10 nitrogen and oxygen atoms in total. The van der Waals surface area contributed by atoms with Gasteiger partial charge in [-0.2, -0.15) is 0 Å². The van der Waals surface area contributed by atoms with Crippen molar-refractivity contribution >= 4 is 33.7 Å². The molecule has 10 heteroatoms. The van der Waals surface area contributed by atoms with Crippen LogP contribution in [0.5, 0.6) is 5.75 Å². The lowest BCUT2D eigenvalue weighted by molar-refractivity contribution is 0.0491. The molecule has 0 radical (unpaired) electrons. The smallest absolute Gasteiger partial charge is 0.341 e. The van der Waals surface area contributed by atoms with Crippen LogP contribution in [0.4, 0.5) is 5.82 Å². The third-order valence-corrected chi connectivity index (χ3v) is 5.83. The highest BCUT2D eigenvalue weighted by Crippen LogP contribution is 2.28. The van der Waals surface area contributed by atoms with Crippen LogP contribution in [-0.2, 0) is 17.9 Å². The molecule has 35 heavy (non-hydrogen) atoms. The molecule has 0 saturated carbocycles. The van der Waals surface area contributed by atoms with E-state index < -0.39 is 5.97 Å². The molecule has 178 valence electrons. The van der Waals surface area contributed by atoms with Gasteiger partial charge in [-0.25, -0.2) is 19.7 Å². The molecule has 3 aromatic heterocycles. The largest absolute Gasteiger partial charge is 0.488 e. The Bertz CT molecular complexity index is 1500. The van der Waals surface area contributed by atoms with E-state index in [1.807, 2.05) is 48.7 Å². The Balaban J connectivity index is 1.29. The van der Waals surface area contributed by atoms with Crippen LogP contribution in [0.25, 0.3) is 21.9 Å². The number of imidazole rings is 1.